The van der Waals surface area contributed by atoms with Crippen LogP contribution in [0.1, 0.15) is 11.8 Å². The standard InChI is InChI=1S/C26H22N4O3S/c1-16(25(32)28-19-8-4-3-5-9-19)30-21-14-18(11-12-22(21)33-15-23(30)31)24-17(2)34-26(29-24)20-10-6-7-13-27-20/h3-14,16H,15H2,1-2H3,(H,28,32). The van der Waals surface area contributed by atoms with Gasteiger partial charge in [0.25, 0.3) is 5.91 Å². The number of benzene rings is 2. The number of carbonyl (C=O) groups is 2. The van der Waals surface area contributed by atoms with Crippen LogP contribution >= 0.6 is 11.3 Å². The Kier molecular flexibility index (Phi) is 5.81. The molecule has 170 valence electrons. The summed E-state index contributed by atoms with van der Waals surface area (Å²) in [6, 6.07) is 19.8. The zero-order valence-electron chi connectivity index (χ0n) is 18.7. The number of nitrogens with zero attached hydrogens (tertiary/aromatic N) is 3. The zero-order valence-corrected chi connectivity index (χ0v) is 19.5. The highest BCUT2D eigenvalue weighted by atomic mass is 32.1. The highest BCUT2D eigenvalue weighted by Crippen LogP contribution is 2.39. The third-order valence-corrected chi connectivity index (χ3v) is 6.59. The van der Waals surface area contributed by atoms with Crippen molar-refractivity contribution in [3.05, 3.63) is 77.8 Å². The van der Waals surface area contributed by atoms with Crippen LogP contribution in [-0.4, -0.2) is 34.4 Å². The lowest BCUT2D eigenvalue weighted by Crippen LogP contribution is -2.49. The van der Waals surface area contributed by atoms with E-state index >= 15 is 0 Å². The first-order chi connectivity index (χ1) is 16.5. The number of thiazole rings is 1. The summed E-state index contributed by atoms with van der Waals surface area (Å²) in [6.07, 6.45) is 1.74. The number of fused-ring (bicyclic) bond motifs is 1. The summed E-state index contributed by atoms with van der Waals surface area (Å²) in [5, 5.41) is 3.70. The summed E-state index contributed by atoms with van der Waals surface area (Å²) >= 11 is 1.56. The van der Waals surface area contributed by atoms with Gasteiger partial charge >= 0.3 is 0 Å². The number of rotatable bonds is 5. The fourth-order valence-electron chi connectivity index (χ4n) is 3.89. The van der Waals surface area contributed by atoms with Crippen molar-refractivity contribution in [2.45, 2.75) is 19.9 Å². The quantitative estimate of drug-likeness (QED) is 0.447. The summed E-state index contributed by atoms with van der Waals surface area (Å²) in [5.74, 6) is 0.00478. The van der Waals surface area contributed by atoms with Gasteiger partial charge in [-0.2, -0.15) is 0 Å². The molecule has 2 aromatic carbocycles. The molecule has 1 unspecified atom stereocenters. The second-order valence-electron chi connectivity index (χ2n) is 7.90. The van der Waals surface area contributed by atoms with E-state index in [2.05, 4.69) is 10.3 Å². The molecule has 0 saturated heterocycles. The van der Waals surface area contributed by atoms with E-state index in [-0.39, 0.29) is 18.4 Å². The molecule has 2 aromatic heterocycles. The van der Waals surface area contributed by atoms with E-state index in [1.54, 1.807) is 24.5 Å². The molecule has 0 radical (unpaired) electrons. The van der Waals surface area contributed by atoms with Gasteiger partial charge in [-0.3, -0.25) is 19.5 Å². The minimum atomic E-state index is -0.730. The zero-order chi connectivity index (χ0) is 23.7. The van der Waals surface area contributed by atoms with Crippen LogP contribution in [0.3, 0.4) is 0 Å². The van der Waals surface area contributed by atoms with Gasteiger partial charge in [0, 0.05) is 22.3 Å². The van der Waals surface area contributed by atoms with Crippen molar-refractivity contribution in [2.75, 3.05) is 16.8 Å². The number of pyridine rings is 1. The van der Waals surface area contributed by atoms with Gasteiger partial charge in [-0.1, -0.05) is 24.3 Å². The van der Waals surface area contributed by atoms with Crippen molar-refractivity contribution in [3.8, 4) is 27.7 Å². The van der Waals surface area contributed by atoms with Gasteiger partial charge in [0.1, 0.15) is 16.8 Å². The van der Waals surface area contributed by atoms with Crippen molar-refractivity contribution in [1.82, 2.24) is 9.97 Å². The fourth-order valence-corrected chi connectivity index (χ4v) is 4.80. The van der Waals surface area contributed by atoms with Crippen LogP contribution < -0.4 is 15.0 Å². The molecule has 34 heavy (non-hydrogen) atoms. The summed E-state index contributed by atoms with van der Waals surface area (Å²) in [6.45, 7) is 3.61. The normalized spacial score (nSPS) is 13.7. The largest absolute Gasteiger partial charge is 0.482 e. The van der Waals surface area contributed by atoms with E-state index in [1.165, 1.54) is 4.90 Å². The Balaban J connectivity index is 1.48. The fraction of sp³-hybridized carbons (Fsp3) is 0.154. The van der Waals surface area contributed by atoms with E-state index in [9.17, 15) is 9.59 Å². The lowest BCUT2D eigenvalue weighted by molar-refractivity contribution is -0.125. The molecular weight excluding hydrogens is 448 g/mol. The van der Waals surface area contributed by atoms with Crippen LogP contribution in [0.2, 0.25) is 0 Å². The second-order valence-corrected chi connectivity index (χ2v) is 9.11. The predicted octanol–water partition coefficient (Wildman–Crippen LogP) is 4.93. The van der Waals surface area contributed by atoms with Gasteiger partial charge in [0.2, 0.25) is 5.91 Å². The molecule has 3 heterocycles. The second kappa shape index (κ2) is 9.07. The summed E-state index contributed by atoms with van der Waals surface area (Å²) < 4.78 is 5.66. The first-order valence-electron chi connectivity index (χ1n) is 10.9. The number of amides is 2. The first kappa shape index (κ1) is 21.8. The van der Waals surface area contributed by atoms with Gasteiger partial charge in [0.15, 0.2) is 6.61 Å². The molecule has 1 N–H and O–H groups in total. The Morgan fingerprint density at radius 3 is 2.68 bits per heavy atom. The van der Waals surface area contributed by atoms with E-state index < -0.39 is 6.04 Å². The van der Waals surface area contributed by atoms with Gasteiger partial charge in [0.05, 0.1) is 17.1 Å². The number of hydrogen-bond acceptors (Lipinski definition) is 6. The van der Waals surface area contributed by atoms with E-state index in [0.29, 0.717) is 17.1 Å². The Labute approximate surface area is 201 Å². The number of aryl methyl sites for hydroxylation is 1. The highest BCUT2D eigenvalue weighted by molar-refractivity contribution is 7.15. The molecule has 1 atom stereocenters. The van der Waals surface area contributed by atoms with Crippen molar-refractivity contribution < 1.29 is 14.3 Å². The van der Waals surface area contributed by atoms with Crippen LogP contribution in [-0.2, 0) is 9.59 Å². The molecule has 2 amide bonds. The molecule has 0 aliphatic carbocycles. The molecule has 1 aliphatic heterocycles. The van der Waals surface area contributed by atoms with Crippen molar-refractivity contribution in [1.29, 1.82) is 0 Å². The molecule has 5 rings (SSSR count). The van der Waals surface area contributed by atoms with Gasteiger partial charge in [-0.25, -0.2) is 4.98 Å². The molecule has 1 aliphatic rings. The Morgan fingerprint density at radius 2 is 1.91 bits per heavy atom. The van der Waals surface area contributed by atoms with Crippen molar-refractivity contribution in [2.24, 2.45) is 0 Å². The third kappa shape index (κ3) is 4.15. The number of hydrogen-bond donors (Lipinski definition) is 1. The Morgan fingerprint density at radius 1 is 1.12 bits per heavy atom. The van der Waals surface area contributed by atoms with E-state index in [4.69, 9.17) is 9.72 Å². The Bertz CT molecular complexity index is 1360. The summed E-state index contributed by atoms with van der Waals surface area (Å²) in [7, 11) is 0. The van der Waals surface area contributed by atoms with Crippen LogP contribution in [0, 0.1) is 6.92 Å². The number of para-hydroxylation sites is 1. The summed E-state index contributed by atoms with van der Waals surface area (Å²) in [5.41, 5.74) is 3.69. The van der Waals surface area contributed by atoms with Crippen LogP contribution in [0.4, 0.5) is 11.4 Å². The van der Waals surface area contributed by atoms with Crippen molar-refractivity contribution >= 4 is 34.5 Å². The SMILES string of the molecule is Cc1sc(-c2ccccn2)nc1-c1ccc2c(c1)N(C(C)C(=O)Nc1ccccc1)C(=O)CO2. The predicted molar refractivity (Wildman–Crippen MR) is 133 cm³/mol. The van der Waals surface area contributed by atoms with E-state index in [0.717, 1.165) is 26.8 Å². The molecule has 8 heteroatoms. The summed E-state index contributed by atoms with van der Waals surface area (Å²) in [4.78, 5) is 37.6. The number of carbonyl (C=O) groups excluding carboxylic acids is 2. The molecular formula is C26H22N4O3S. The number of nitrogens with one attached hydrogen (secondary N) is 1. The topological polar surface area (TPSA) is 84.4 Å². The third-order valence-electron chi connectivity index (χ3n) is 5.60. The number of ether oxygens (including phenoxy) is 1. The van der Waals surface area contributed by atoms with Gasteiger partial charge in [-0.15, -0.1) is 11.3 Å². The maximum Gasteiger partial charge on any atom is 0.265 e. The van der Waals surface area contributed by atoms with Gasteiger partial charge < -0.3 is 10.1 Å². The van der Waals surface area contributed by atoms with E-state index in [1.807, 2.05) is 73.7 Å². The maximum absolute atomic E-state index is 13.0. The number of anilines is 2. The first-order valence-corrected chi connectivity index (χ1v) is 11.7. The molecule has 0 bridgehead atoms. The van der Waals surface area contributed by atoms with Crippen LogP contribution in [0.15, 0.2) is 72.9 Å². The average molecular weight is 471 g/mol. The minimum Gasteiger partial charge on any atom is -0.482 e. The monoisotopic (exact) mass is 470 g/mol. The van der Waals surface area contributed by atoms with Crippen LogP contribution in [0.5, 0.6) is 5.75 Å². The molecule has 0 saturated carbocycles. The highest BCUT2D eigenvalue weighted by Gasteiger charge is 2.33. The average Bonchev–Trinajstić information content (AvgIpc) is 3.26. The lowest BCUT2D eigenvalue weighted by Gasteiger charge is -2.33. The molecule has 0 fully saturated rings. The molecule has 7 nitrogen and oxygen atoms in total. The Hall–Kier alpha value is -4.04. The maximum atomic E-state index is 13.0. The van der Waals surface area contributed by atoms with Crippen LogP contribution in [0.25, 0.3) is 22.0 Å². The number of aromatic nitrogens is 2. The lowest BCUT2D eigenvalue weighted by atomic mass is 10.1. The van der Waals surface area contributed by atoms with Gasteiger partial charge in [-0.05, 0) is 56.3 Å². The smallest absolute Gasteiger partial charge is 0.265 e. The molecule has 4 aromatic rings. The molecule has 0 spiro atoms. The minimum absolute atomic E-state index is 0.116. The van der Waals surface area contributed by atoms with Crippen molar-refractivity contribution in [3.63, 3.8) is 0 Å².